The maximum absolute atomic E-state index is 12.3. The molecule has 1 aliphatic heterocycles. The van der Waals surface area contributed by atoms with Gasteiger partial charge in [-0.05, 0) is 38.1 Å². The molecule has 0 saturated heterocycles. The normalized spacial score (nSPS) is 16.5. The summed E-state index contributed by atoms with van der Waals surface area (Å²) in [7, 11) is 3.20. The number of hydrogen-bond donors (Lipinski definition) is 3. The topological polar surface area (TPSA) is 106 Å². The first-order valence-corrected chi connectivity index (χ1v) is 10.9. The van der Waals surface area contributed by atoms with Crippen molar-refractivity contribution in [1.82, 2.24) is 10.2 Å². The summed E-state index contributed by atoms with van der Waals surface area (Å²) in [5.74, 6) is -0.0643. The van der Waals surface area contributed by atoms with Gasteiger partial charge in [0.2, 0.25) is 0 Å². The number of phenolic OH excluding ortho intramolecular Hbond substituents is 1. The molecule has 1 aromatic carbocycles. The van der Waals surface area contributed by atoms with Crippen molar-refractivity contribution in [2.24, 2.45) is 8.80 Å². The van der Waals surface area contributed by atoms with E-state index in [9.17, 15) is 14.1 Å². The van der Waals surface area contributed by atoms with Gasteiger partial charge in [0, 0.05) is 23.8 Å². The van der Waals surface area contributed by atoms with Crippen LogP contribution in [0.25, 0.3) is 0 Å². The van der Waals surface area contributed by atoms with Crippen LogP contribution in [0.1, 0.15) is 33.1 Å². The highest BCUT2D eigenvalue weighted by Crippen LogP contribution is 2.30. The van der Waals surface area contributed by atoms with Gasteiger partial charge < -0.3 is 20.6 Å². The molecule has 10 heteroatoms. The van der Waals surface area contributed by atoms with Crippen molar-refractivity contribution in [2.75, 3.05) is 19.4 Å². The zero-order valence-corrected chi connectivity index (χ0v) is 18.7. The first kappa shape index (κ1) is 21.7. The van der Waals surface area contributed by atoms with Crippen LogP contribution in [0, 0.1) is 6.92 Å². The summed E-state index contributed by atoms with van der Waals surface area (Å²) in [6, 6.07) is 8.55. The lowest BCUT2D eigenvalue weighted by atomic mass is 10.1. The molecule has 0 radical (unpaired) electrons. The molecule has 1 amide bonds. The fourth-order valence-electron chi connectivity index (χ4n) is 2.81. The number of nitrogens with zero attached hydrogens (tertiary/aromatic N) is 3. The minimum Gasteiger partial charge on any atom is -0.505 e. The first-order chi connectivity index (χ1) is 14.2. The van der Waals surface area contributed by atoms with E-state index in [-0.39, 0.29) is 40.6 Å². The zero-order valence-electron chi connectivity index (χ0n) is 17.1. The Bertz CT molecular complexity index is 1090. The van der Waals surface area contributed by atoms with Gasteiger partial charge in [-0.15, -0.1) is 20.1 Å². The standard InChI is InChI=1S/C20H23N5O3S2/c1-11(2)16(15-10-9-12(3)29-15)22-19-18(23-30(28)24-19)21-14-8-6-7-13(17(14)26)20(27)25(4)5/h6-10,16,26H,1H2,2-5H3,(H,21,23)(H,22,24)/t16-,30?/m1/s1. The number of aromatic hydroxyl groups is 1. The van der Waals surface area contributed by atoms with Gasteiger partial charge >= 0.3 is 0 Å². The fraction of sp³-hybridized carbons (Fsp3) is 0.250. The maximum Gasteiger partial charge on any atom is 0.269 e. The van der Waals surface area contributed by atoms with Crippen molar-refractivity contribution in [3.63, 3.8) is 0 Å². The summed E-state index contributed by atoms with van der Waals surface area (Å²) in [6.07, 6.45) is 0. The number of amides is 1. The molecule has 0 fully saturated rings. The SMILES string of the molecule is C=C(C)[C@@H](NC1=NS(=O)N=C1Nc1cccc(C(=O)N(C)C)c1O)c1ccc(C)s1. The highest BCUT2D eigenvalue weighted by Gasteiger charge is 2.26. The van der Waals surface area contributed by atoms with Crippen LogP contribution >= 0.6 is 11.3 Å². The van der Waals surface area contributed by atoms with Gasteiger partial charge in [-0.3, -0.25) is 4.79 Å². The average Bonchev–Trinajstić information content (AvgIpc) is 3.25. The van der Waals surface area contributed by atoms with Gasteiger partial charge in [-0.2, -0.15) is 0 Å². The molecular weight excluding hydrogens is 422 g/mol. The Kier molecular flexibility index (Phi) is 6.37. The predicted octanol–water partition coefficient (Wildman–Crippen LogP) is 3.17. The second kappa shape index (κ2) is 8.80. The van der Waals surface area contributed by atoms with Gasteiger partial charge in [0.1, 0.15) is 0 Å². The molecule has 0 bridgehead atoms. The third-order valence-corrected chi connectivity index (χ3v) is 6.05. The Labute approximate surface area is 181 Å². The number of para-hydroxylation sites is 1. The molecule has 2 atom stereocenters. The Morgan fingerprint density at radius 2 is 1.93 bits per heavy atom. The Hall–Kier alpha value is -2.98. The number of amidine groups is 2. The van der Waals surface area contributed by atoms with Crippen molar-refractivity contribution < 1.29 is 14.1 Å². The average molecular weight is 446 g/mol. The van der Waals surface area contributed by atoms with E-state index in [1.165, 1.54) is 11.0 Å². The molecule has 2 heterocycles. The largest absolute Gasteiger partial charge is 0.505 e. The van der Waals surface area contributed by atoms with Crippen molar-refractivity contribution in [3.8, 4) is 5.75 Å². The molecule has 8 nitrogen and oxygen atoms in total. The summed E-state index contributed by atoms with van der Waals surface area (Å²) >= 11 is -0.170. The van der Waals surface area contributed by atoms with Crippen LogP contribution in [-0.2, 0) is 11.2 Å². The van der Waals surface area contributed by atoms with E-state index < -0.39 is 11.2 Å². The number of rotatable bonds is 5. The summed E-state index contributed by atoms with van der Waals surface area (Å²) in [4.78, 5) is 15.8. The van der Waals surface area contributed by atoms with E-state index >= 15 is 0 Å². The molecule has 1 aromatic heterocycles. The molecule has 1 unspecified atom stereocenters. The van der Waals surface area contributed by atoms with Crippen LogP contribution in [0.5, 0.6) is 5.75 Å². The van der Waals surface area contributed by atoms with E-state index in [2.05, 4.69) is 26.0 Å². The van der Waals surface area contributed by atoms with E-state index in [0.717, 1.165) is 15.3 Å². The van der Waals surface area contributed by atoms with Gasteiger partial charge in [-0.1, -0.05) is 18.2 Å². The molecule has 158 valence electrons. The smallest absolute Gasteiger partial charge is 0.269 e. The van der Waals surface area contributed by atoms with Crippen molar-refractivity contribution in [1.29, 1.82) is 0 Å². The number of hydrogen-bond acceptors (Lipinski definition) is 6. The first-order valence-electron chi connectivity index (χ1n) is 9.06. The number of phenols is 1. The number of aryl methyl sites for hydroxylation is 1. The molecule has 0 spiro atoms. The Morgan fingerprint density at radius 1 is 1.23 bits per heavy atom. The number of carbonyl (C=O) groups is 1. The third kappa shape index (κ3) is 4.60. The fourth-order valence-corrected chi connectivity index (χ4v) is 4.45. The van der Waals surface area contributed by atoms with Crippen LogP contribution < -0.4 is 10.6 Å². The molecule has 30 heavy (non-hydrogen) atoms. The summed E-state index contributed by atoms with van der Waals surface area (Å²) in [5, 5.41) is 16.7. The summed E-state index contributed by atoms with van der Waals surface area (Å²) in [5.41, 5.74) is 1.26. The highest BCUT2D eigenvalue weighted by molar-refractivity contribution is 7.83. The zero-order chi connectivity index (χ0) is 22.0. The number of nitrogens with one attached hydrogen (secondary N) is 2. The van der Waals surface area contributed by atoms with E-state index in [0.29, 0.717) is 0 Å². The molecule has 0 saturated carbocycles. The van der Waals surface area contributed by atoms with E-state index in [1.807, 2.05) is 26.0 Å². The lowest BCUT2D eigenvalue weighted by molar-refractivity contribution is 0.0824. The van der Waals surface area contributed by atoms with Crippen LogP contribution in [0.3, 0.4) is 0 Å². The highest BCUT2D eigenvalue weighted by atomic mass is 32.2. The molecule has 0 aliphatic carbocycles. The number of benzene rings is 1. The Morgan fingerprint density at radius 3 is 2.53 bits per heavy atom. The maximum atomic E-state index is 12.3. The third-order valence-electron chi connectivity index (χ3n) is 4.31. The van der Waals surface area contributed by atoms with Gasteiger partial charge in [0.05, 0.1) is 17.3 Å². The summed E-state index contributed by atoms with van der Waals surface area (Å²) in [6.45, 7) is 7.96. The van der Waals surface area contributed by atoms with Crippen molar-refractivity contribution in [3.05, 3.63) is 57.8 Å². The molecule has 2 aromatic rings. The summed E-state index contributed by atoms with van der Waals surface area (Å²) < 4.78 is 20.1. The predicted molar refractivity (Wildman–Crippen MR) is 123 cm³/mol. The Balaban J connectivity index is 1.87. The minimum atomic E-state index is -1.80. The number of carbonyl (C=O) groups excluding carboxylic acids is 1. The second-order valence-electron chi connectivity index (χ2n) is 7.01. The van der Waals surface area contributed by atoms with E-state index in [4.69, 9.17) is 0 Å². The van der Waals surface area contributed by atoms with Gasteiger partial charge in [-0.25, -0.2) is 4.21 Å². The van der Waals surface area contributed by atoms with Crippen LogP contribution in [0.15, 0.2) is 51.3 Å². The van der Waals surface area contributed by atoms with Crippen molar-refractivity contribution in [2.45, 2.75) is 19.9 Å². The molecule has 3 N–H and O–H groups in total. The lowest BCUT2D eigenvalue weighted by Gasteiger charge is -2.20. The number of thiophene rings is 1. The monoisotopic (exact) mass is 445 g/mol. The minimum absolute atomic E-state index is 0.144. The molecule has 1 aliphatic rings. The van der Waals surface area contributed by atoms with Crippen LogP contribution in [0.4, 0.5) is 5.69 Å². The van der Waals surface area contributed by atoms with Gasteiger partial charge in [0.15, 0.2) is 17.4 Å². The van der Waals surface area contributed by atoms with Crippen LogP contribution in [-0.4, -0.2) is 45.9 Å². The van der Waals surface area contributed by atoms with Crippen LogP contribution in [0.2, 0.25) is 0 Å². The lowest BCUT2D eigenvalue weighted by Crippen LogP contribution is -2.36. The second-order valence-corrected chi connectivity index (χ2v) is 9.16. The quantitative estimate of drug-likeness (QED) is 0.484. The van der Waals surface area contributed by atoms with Crippen molar-refractivity contribution >= 4 is 45.8 Å². The van der Waals surface area contributed by atoms with Gasteiger partial charge in [0.25, 0.3) is 17.1 Å². The van der Waals surface area contributed by atoms with E-state index in [1.54, 1.807) is 37.6 Å². The molecule has 3 rings (SSSR count). The number of anilines is 1. The molecular formula is C20H23N5O3S2.